The number of aliphatic hydroxyl groups is 2. The number of benzene rings is 1. The van der Waals surface area contributed by atoms with Crippen molar-refractivity contribution in [1.29, 1.82) is 0 Å². The number of carboxylic acids is 1. The molecule has 0 bridgehead atoms. The zero-order chi connectivity index (χ0) is 14.9. The molecule has 2 rings (SSSR count). The van der Waals surface area contributed by atoms with Crippen molar-refractivity contribution < 1.29 is 28.5 Å². The lowest BCUT2D eigenvalue weighted by atomic mass is 10.2. The SMILES string of the molecule is O=C(O)Cc1ccc(S(=O)(=O)N2CC(O)C(O)C2)cc1. The van der Waals surface area contributed by atoms with Crippen LogP contribution in [0.3, 0.4) is 0 Å². The molecule has 0 amide bonds. The Hall–Kier alpha value is -1.48. The molecule has 1 heterocycles. The summed E-state index contributed by atoms with van der Waals surface area (Å²) < 4.78 is 25.5. The molecule has 3 N–H and O–H groups in total. The molecule has 1 aliphatic rings. The van der Waals surface area contributed by atoms with Gasteiger partial charge in [0, 0.05) is 13.1 Å². The van der Waals surface area contributed by atoms with E-state index in [1.807, 2.05) is 0 Å². The number of carbonyl (C=O) groups is 1. The molecule has 0 aliphatic carbocycles. The molecule has 1 aromatic carbocycles. The highest BCUT2D eigenvalue weighted by Crippen LogP contribution is 2.21. The van der Waals surface area contributed by atoms with E-state index in [1.54, 1.807) is 0 Å². The van der Waals surface area contributed by atoms with Gasteiger partial charge in [-0.25, -0.2) is 8.42 Å². The maximum Gasteiger partial charge on any atom is 0.307 e. The number of sulfonamides is 1. The smallest absolute Gasteiger partial charge is 0.307 e. The van der Waals surface area contributed by atoms with E-state index < -0.39 is 28.2 Å². The van der Waals surface area contributed by atoms with Crippen molar-refractivity contribution in [2.24, 2.45) is 0 Å². The molecular formula is C12H15NO6S. The highest BCUT2D eigenvalue weighted by atomic mass is 32.2. The lowest BCUT2D eigenvalue weighted by Gasteiger charge is -2.15. The van der Waals surface area contributed by atoms with Crippen LogP contribution < -0.4 is 0 Å². The lowest BCUT2D eigenvalue weighted by Crippen LogP contribution is -2.30. The predicted molar refractivity (Wildman–Crippen MR) is 68.6 cm³/mol. The zero-order valence-corrected chi connectivity index (χ0v) is 11.3. The van der Waals surface area contributed by atoms with Crippen LogP contribution in [0.4, 0.5) is 0 Å². The first-order chi connectivity index (χ1) is 9.30. The molecule has 2 atom stereocenters. The minimum atomic E-state index is -3.78. The van der Waals surface area contributed by atoms with Gasteiger partial charge < -0.3 is 15.3 Å². The molecule has 0 spiro atoms. The number of hydrogen-bond acceptors (Lipinski definition) is 5. The molecule has 0 saturated carbocycles. The van der Waals surface area contributed by atoms with Gasteiger partial charge in [-0.15, -0.1) is 0 Å². The van der Waals surface area contributed by atoms with Crippen molar-refractivity contribution in [3.05, 3.63) is 29.8 Å². The Morgan fingerprint density at radius 2 is 1.65 bits per heavy atom. The second kappa shape index (κ2) is 5.49. The summed E-state index contributed by atoms with van der Waals surface area (Å²) >= 11 is 0. The summed E-state index contributed by atoms with van der Waals surface area (Å²) in [6, 6.07) is 5.52. The van der Waals surface area contributed by atoms with Crippen LogP contribution in [0.25, 0.3) is 0 Å². The maximum atomic E-state index is 12.2. The van der Waals surface area contributed by atoms with Gasteiger partial charge in [-0.3, -0.25) is 4.79 Å². The average Bonchev–Trinajstić information content (AvgIpc) is 2.70. The second-order valence-corrected chi connectivity index (χ2v) is 6.61. The first-order valence-electron chi connectivity index (χ1n) is 5.97. The van der Waals surface area contributed by atoms with Gasteiger partial charge in [0.2, 0.25) is 10.0 Å². The zero-order valence-electron chi connectivity index (χ0n) is 10.5. The number of β-amino-alcohol motifs (C(OH)–C–C–N with tert-alkyl or cyclic N) is 2. The fraction of sp³-hybridized carbons (Fsp3) is 0.417. The van der Waals surface area contributed by atoms with Gasteiger partial charge in [0.05, 0.1) is 23.5 Å². The third kappa shape index (κ3) is 2.98. The molecule has 110 valence electrons. The number of aliphatic hydroxyl groups excluding tert-OH is 2. The summed E-state index contributed by atoms with van der Waals surface area (Å²) in [5.41, 5.74) is 0.498. The molecule has 7 nitrogen and oxygen atoms in total. The minimum Gasteiger partial charge on any atom is -0.481 e. The molecular weight excluding hydrogens is 286 g/mol. The molecule has 1 saturated heterocycles. The Morgan fingerprint density at radius 3 is 2.10 bits per heavy atom. The molecule has 1 aromatic rings. The van der Waals surface area contributed by atoms with Gasteiger partial charge in [0.25, 0.3) is 0 Å². The molecule has 1 fully saturated rings. The Bertz CT molecular complexity index is 587. The van der Waals surface area contributed by atoms with Crippen molar-refractivity contribution in [1.82, 2.24) is 4.31 Å². The summed E-state index contributed by atoms with van der Waals surface area (Å²) in [5.74, 6) is -0.994. The molecule has 1 aliphatic heterocycles. The highest BCUT2D eigenvalue weighted by molar-refractivity contribution is 7.89. The molecule has 0 aromatic heterocycles. The van der Waals surface area contributed by atoms with Crippen molar-refractivity contribution >= 4 is 16.0 Å². The maximum absolute atomic E-state index is 12.2. The van der Waals surface area contributed by atoms with E-state index >= 15 is 0 Å². The summed E-state index contributed by atoms with van der Waals surface area (Å²) in [6.07, 6.45) is -2.35. The van der Waals surface area contributed by atoms with E-state index in [9.17, 15) is 23.4 Å². The molecule has 2 unspecified atom stereocenters. The molecule has 20 heavy (non-hydrogen) atoms. The summed E-state index contributed by atoms with van der Waals surface area (Å²) in [4.78, 5) is 10.6. The normalized spacial score (nSPS) is 23.9. The second-order valence-electron chi connectivity index (χ2n) is 4.67. The van der Waals surface area contributed by atoms with Gasteiger partial charge >= 0.3 is 5.97 Å². The Kier molecular flexibility index (Phi) is 4.09. The van der Waals surface area contributed by atoms with Crippen molar-refractivity contribution in [3.8, 4) is 0 Å². The van der Waals surface area contributed by atoms with Crippen LogP contribution in [0.5, 0.6) is 0 Å². The van der Waals surface area contributed by atoms with Crippen molar-refractivity contribution in [2.45, 2.75) is 23.5 Å². The largest absolute Gasteiger partial charge is 0.481 e. The number of hydrogen-bond donors (Lipinski definition) is 3. The van der Waals surface area contributed by atoms with E-state index in [1.165, 1.54) is 24.3 Å². The van der Waals surface area contributed by atoms with Gasteiger partial charge in [0.1, 0.15) is 0 Å². The van der Waals surface area contributed by atoms with Gasteiger partial charge in [0.15, 0.2) is 0 Å². The average molecular weight is 301 g/mol. The molecule has 8 heteroatoms. The number of rotatable bonds is 4. The monoisotopic (exact) mass is 301 g/mol. The van der Waals surface area contributed by atoms with Gasteiger partial charge in [-0.1, -0.05) is 12.1 Å². The predicted octanol–water partition coefficient (Wildman–Crippen LogP) is -0.960. The van der Waals surface area contributed by atoms with Gasteiger partial charge in [-0.05, 0) is 17.7 Å². The van der Waals surface area contributed by atoms with Gasteiger partial charge in [-0.2, -0.15) is 4.31 Å². The quantitative estimate of drug-likeness (QED) is 0.660. The number of carboxylic acid groups (broad SMARTS) is 1. The minimum absolute atomic E-state index is 0.00735. The van der Waals surface area contributed by atoms with Crippen LogP contribution in [-0.2, 0) is 21.2 Å². The first kappa shape index (κ1) is 14.9. The fourth-order valence-electron chi connectivity index (χ4n) is 2.03. The Balaban J connectivity index is 2.20. The summed E-state index contributed by atoms with van der Waals surface area (Å²) in [5, 5.41) is 27.4. The van der Waals surface area contributed by atoms with Crippen molar-refractivity contribution in [2.75, 3.05) is 13.1 Å². The van der Waals surface area contributed by atoms with Crippen LogP contribution >= 0.6 is 0 Å². The highest BCUT2D eigenvalue weighted by Gasteiger charge is 2.37. The topological polar surface area (TPSA) is 115 Å². The van der Waals surface area contributed by atoms with E-state index in [0.29, 0.717) is 5.56 Å². The van der Waals surface area contributed by atoms with E-state index in [0.717, 1.165) is 4.31 Å². The van der Waals surface area contributed by atoms with Crippen LogP contribution in [0.2, 0.25) is 0 Å². The summed E-state index contributed by atoms with van der Waals surface area (Å²) in [6.45, 7) is -0.305. The number of aliphatic carboxylic acids is 1. The Morgan fingerprint density at radius 1 is 1.15 bits per heavy atom. The third-order valence-corrected chi connectivity index (χ3v) is 4.99. The van der Waals surface area contributed by atoms with Crippen molar-refractivity contribution in [3.63, 3.8) is 0 Å². The van der Waals surface area contributed by atoms with E-state index in [2.05, 4.69) is 0 Å². The lowest BCUT2D eigenvalue weighted by molar-refractivity contribution is -0.136. The standard InChI is InChI=1S/C12H15NO6S/c14-10-6-13(7-11(10)15)20(18,19)9-3-1-8(2-4-9)5-12(16)17/h1-4,10-11,14-15H,5-7H2,(H,16,17). The van der Waals surface area contributed by atoms with Crippen LogP contribution in [-0.4, -0.2) is 59.3 Å². The van der Waals surface area contributed by atoms with Crippen LogP contribution in [0.15, 0.2) is 29.2 Å². The fourth-order valence-corrected chi connectivity index (χ4v) is 3.51. The number of nitrogens with zero attached hydrogens (tertiary/aromatic N) is 1. The third-order valence-electron chi connectivity index (χ3n) is 3.14. The van der Waals surface area contributed by atoms with E-state index in [-0.39, 0.29) is 24.4 Å². The van der Waals surface area contributed by atoms with E-state index in [4.69, 9.17) is 5.11 Å². The first-order valence-corrected chi connectivity index (χ1v) is 7.41. The van der Waals surface area contributed by atoms with Crippen LogP contribution in [0.1, 0.15) is 5.56 Å². The summed E-state index contributed by atoms with van der Waals surface area (Å²) in [7, 11) is -3.78. The molecule has 0 radical (unpaired) electrons. The van der Waals surface area contributed by atoms with Crippen LogP contribution in [0, 0.1) is 0 Å². The Labute approximate surface area is 116 Å².